The Morgan fingerprint density at radius 3 is 1.89 bits per heavy atom. The monoisotopic (exact) mass is 245 g/mol. The summed E-state index contributed by atoms with van der Waals surface area (Å²) in [6.07, 6.45) is 0. The topological polar surface area (TPSA) is 37.4 Å². The van der Waals surface area contributed by atoms with Crippen molar-refractivity contribution < 1.29 is 9.59 Å². The number of carbonyl (C=O) groups is 2. The Morgan fingerprint density at radius 1 is 1.06 bits per heavy atom. The van der Waals surface area contributed by atoms with Crippen molar-refractivity contribution in [2.75, 3.05) is 6.54 Å². The summed E-state index contributed by atoms with van der Waals surface area (Å²) in [6, 6.07) is 7.02. The normalized spacial score (nSPS) is 17.0. The Morgan fingerprint density at radius 2 is 1.50 bits per heavy atom. The van der Waals surface area contributed by atoms with Crippen LogP contribution in [0.25, 0.3) is 0 Å². The summed E-state index contributed by atoms with van der Waals surface area (Å²) in [7, 11) is 0. The van der Waals surface area contributed by atoms with Crippen LogP contribution in [0.4, 0.5) is 0 Å². The molecule has 0 fully saturated rings. The van der Waals surface area contributed by atoms with E-state index in [-0.39, 0.29) is 23.1 Å². The van der Waals surface area contributed by atoms with Gasteiger partial charge >= 0.3 is 0 Å². The maximum absolute atomic E-state index is 12.2. The van der Waals surface area contributed by atoms with Crippen molar-refractivity contribution in [3.05, 3.63) is 35.4 Å². The number of imide groups is 1. The third kappa shape index (κ3) is 2.05. The second-order valence-corrected chi connectivity index (χ2v) is 6.03. The molecule has 0 N–H and O–H groups in total. The Hall–Kier alpha value is -1.64. The molecule has 1 heterocycles. The van der Waals surface area contributed by atoms with Crippen molar-refractivity contribution in [1.82, 2.24) is 4.90 Å². The van der Waals surface area contributed by atoms with E-state index in [1.54, 1.807) is 24.3 Å². The van der Waals surface area contributed by atoms with E-state index in [4.69, 9.17) is 0 Å². The van der Waals surface area contributed by atoms with E-state index in [1.807, 2.05) is 0 Å². The number of nitrogens with zero attached hydrogens (tertiary/aromatic N) is 1. The molecule has 1 aromatic rings. The van der Waals surface area contributed by atoms with E-state index in [0.717, 1.165) is 0 Å². The molecular formula is C15H19NO2. The molecule has 1 aromatic carbocycles. The predicted molar refractivity (Wildman–Crippen MR) is 70.4 cm³/mol. The smallest absolute Gasteiger partial charge is 0.261 e. The molecule has 3 nitrogen and oxygen atoms in total. The maximum Gasteiger partial charge on any atom is 0.261 e. The molecule has 1 aliphatic rings. The number of carbonyl (C=O) groups excluding carboxylic acids is 2. The van der Waals surface area contributed by atoms with E-state index >= 15 is 0 Å². The molecule has 2 amide bonds. The summed E-state index contributed by atoms with van der Waals surface area (Å²) in [4.78, 5) is 25.7. The number of rotatable bonds is 2. The van der Waals surface area contributed by atoms with Crippen LogP contribution in [0.3, 0.4) is 0 Å². The van der Waals surface area contributed by atoms with Crippen LogP contribution in [0.2, 0.25) is 0 Å². The highest BCUT2D eigenvalue weighted by molar-refractivity contribution is 6.21. The largest absolute Gasteiger partial charge is 0.274 e. The van der Waals surface area contributed by atoms with Crippen LogP contribution in [0.1, 0.15) is 48.4 Å². The van der Waals surface area contributed by atoms with Crippen LogP contribution in [-0.4, -0.2) is 23.3 Å². The van der Waals surface area contributed by atoms with Crippen molar-refractivity contribution in [2.45, 2.75) is 27.7 Å². The molecule has 96 valence electrons. The van der Waals surface area contributed by atoms with Crippen LogP contribution < -0.4 is 0 Å². The van der Waals surface area contributed by atoms with Gasteiger partial charge in [0.15, 0.2) is 0 Å². The zero-order chi connectivity index (χ0) is 13.5. The molecule has 2 rings (SSSR count). The summed E-state index contributed by atoms with van der Waals surface area (Å²) < 4.78 is 0. The minimum atomic E-state index is -0.160. The minimum Gasteiger partial charge on any atom is -0.274 e. The van der Waals surface area contributed by atoms with Crippen LogP contribution in [-0.2, 0) is 0 Å². The molecule has 0 unspecified atom stereocenters. The predicted octanol–water partition coefficient (Wildman–Crippen LogP) is 2.96. The van der Waals surface area contributed by atoms with Crippen molar-refractivity contribution >= 4 is 11.8 Å². The molecular weight excluding hydrogens is 226 g/mol. The molecule has 0 aliphatic carbocycles. The van der Waals surface area contributed by atoms with Gasteiger partial charge in [0.05, 0.1) is 11.1 Å². The number of hydrogen-bond donors (Lipinski definition) is 0. The average molecular weight is 245 g/mol. The van der Waals surface area contributed by atoms with Crippen molar-refractivity contribution in [2.24, 2.45) is 11.3 Å². The van der Waals surface area contributed by atoms with Gasteiger partial charge in [-0.3, -0.25) is 14.5 Å². The first-order valence-electron chi connectivity index (χ1n) is 6.27. The molecule has 1 atom stereocenters. The van der Waals surface area contributed by atoms with Crippen LogP contribution >= 0.6 is 0 Å². The van der Waals surface area contributed by atoms with Gasteiger partial charge in [0, 0.05) is 6.54 Å². The van der Waals surface area contributed by atoms with E-state index in [9.17, 15) is 9.59 Å². The first-order chi connectivity index (χ1) is 8.32. The summed E-state index contributed by atoms with van der Waals surface area (Å²) in [6.45, 7) is 8.92. The lowest BCUT2D eigenvalue weighted by Gasteiger charge is -2.30. The fraction of sp³-hybridized carbons (Fsp3) is 0.467. The van der Waals surface area contributed by atoms with Gasteiger partial charge in [-0.1, -0.05) is 39.8 Å². The van der Waals surface area contributed by atoms with Gasteiger partial charge in [-0.25, -0.2) is 0 Å². The fourth-order valence-electron chi connectivity index (χ4n) is 1.95. The highest BCUT2D eigenvalue weighted by Crippen LogP contribution is 2.29. The Balaban J connectivity index is 2.24. The van der Waals surface area contributed by atoms with Crippen LogP contribution in [0.5, 0.6) is 0 Å². The summed E-state index contributed by atoms with van der Waals surface area (Å²) in [5.41, 5.74) is 1.14. The second kappa shape index (κ2) is 4.23. The molecule has 0 bridgehead atoms. The molecule has 18 heavy (non-hydrogen) atoms. The van der Waals surface area contributed by atoms with Gasteiger partial charge in [0.1, 0.15) is 0 Å². The zero-order valence-electron chi connectivity index (χ0n) is 11.4. The Labute approximate surface area is 108 Å². The molecule has 0 radical (unpaired) electrons. The average Bonchev–Trinajstić information content (AvgIpc) is 2.54. The lowest BCUT2D eigenvalue weighted by atomic mass is 9.82. The summed E-state index contributed by atoms with van der Waals surface area (Å²) >= 11 is 0. The van der Waals surface area contributed by atoms with E-state index in [2.05, 4.69) is 27.7 Å². The van der Waals surface area contributed by atoms with E-state index in [1.165, 1.54) is 4.90 Å². The number of benzene rings is 1. The highest BCUT2D eigenvalue weighted by Gasteiger charge is 2.37. The lowest BCUT2D eigenvalue weighted by Crippen LogP contribution is -2.37. The number of fused-ring (bicyclic) bond motifs is 1. The first-order valence-corrected chi connectivity index (χ1v) is 6.27. The van der Waals surface area contributed by atoms with Crippen molar-refractivity contribution in [3.63, 3.8) is 0 Å². The van der Waals surface area contributed by atoms with Gasteiger partial charge in [-0.15, -0.1) is 0 Å². The molecule has 1 aliphatic heterocycles. The Bertz CT molecular complexity index is 464. The van der Waals surface area contributed by atoms with Gasteiger partial charge in [0.25, 0.3) is 11.8 Å². The molecule has 0 aromatic heterocycles. The third-order valence-electron chi connectivity index (χ3n) is 3.81. The number of amides is 2. The number of hydrogen-bond acceptors (Lipinski definition) is 2. The van der Waals surface area contributed by atoms with Crippen molar-refractivity contribution in [3.8, 4) is 0 Å². The molecule has 0 spiro atoms. The van der Waals surface area contributed by atoms with Gasteiger partial charge in [0.2, 0.25) is 0 Å². The van der Waals surface area contributed by atoms with E-state index < -0.39 is 0 Å². The summed E-state index contributed by atoms with van der Waals surface area (Å²) in [5, 5.41) is 0. The third-order valence-corrected chi connectivity index (χ3v) is 3.81. The lowest BCUT2D eigenvalue weighted by molar-refractivity contribution is 0.0595. The van der Waals surface area contributed by atoms with Crippen LogP contribution in [0, 0.1) is 11.3 Å². The Kier molecular flexibility index (Phi) is 3.01. The SMILES string of the molecule is C[C@H](CN1C(=O)c2ccccc2C1=O)C(C)(C)C. The second-order valence-electron chi connectivity index (χ2n) is 6.03. The molecule has 3 heteroatoms. The molecule has 0 saturated carbocycles. The standard InChI is InChI=1S/C15H19NO2/c1-10(15(2,3)4)9-16-13(17)11-7-5-6-8-12(11)14(16)18/h5-8,10H,9H2,1-4H3/t10-/m1/s1. The minimum absolute atomic E-state index is 0.0787. The fourth-order valence-corrected chi connectivity index (χ4v) is 1.95. The summed E-state index contributed by atoms with van der Waals surface area (Å²) in [5.74, 6) is -0.0573. The van der Waals surface area contributed by atoms with Gasteiger partial charge in [-0.2, -0.15) is 0 Å². The quantitative estimate of drug-likeness (QED) is 0.751. The van der Waals surface area contributed by atoms with Crippen LogP contribution in [0.15, 0.2) is 24.3 Å². The zero-order valence-corrected chi connectivity index (χ0v) is 11.4. The first kappa shape index (κ1) is 12.8. The van der Waals surface area contributed by atoms with Crippen molar-refractivity contribution in [1.29, 1.82) is 0 Å². The molecule has 0 saturated heterocycles. The van der Waals surface area contributed by atoms with Gasteiger partial charge < -0.3 is 0 Å². The van der Waals surface area contributed by atoms with Gasteiger partial charge in [-0.05, 0) is 23.5 Å². The highest BCUT2D eigenvalue weighted by atomic mass is 16.2. The van der Waals surface area contributed by atoms with E-state index in [0.29, 0.717) is 17.7 Å². The maximum atomic E-state index is 12.2.